The van der Waals surface area contributed by atoms with E-state index in [0.717, 1.165) is 26.1 Å². The van der Waals surface area contributed by atoms with Gasteiger partial charge in [-0.1, -0.05) is 30.3 Å². The molecule has 1 aromatic carbocycles. The van der Waals surface area contributed by atoms with Crippen molar-refractivity contribution in [3.63, 3.8) is 0 Å². The number of hydrogen-bond acceptors (Lipinski definition) is 6. The van der Waals surface area contributed by atoms with Crippen LogP contribution in [0.2, 0.25) is 0 Å². The Morgan fingerprint density at radius 1 is 1.42 bits per heavy atom. The van der Waals surface area contributed by atoms with Crippen LogP contribution in [0, 0.1) is 0 Å². The Bertz CT molecular complexity index is 707. The second-order valence-electron chi connectivity index (χ2n) is 5.83. The van der Waals surface area contributed by atoms with Gasteiger partial charge in [-0.05, 0) is 12.0 Å². The normalized spacial score (nSPS) is 17.6. The Labute approximate surface area is 140 Å². The van der Waals surface area contributed by atoms with Crippen LogP contribution in [-0.4, -0.2) is 47.0 Å². The molecule has 2 heterocycles. The summed E-state index contributed by atoms with van der Waals surface area (Å²) in [6.07, 6.45) is 2.31. The lowest BCUT2D eigenvalue weighted by atomic mass is 10.2. The van der Waals surface area contributed by atoms with Crippen LogP contribution >= 0.6 is 0 Å². The first-order valence-corrected chi connectivity index (χ1v) is 7.89. The number of amides is 1. The molecule has 2 aromatic rings. The van der Waals surface area contributed by atoms with Crippen molar-refractivity contribution in [1.29, 1.82) is 0 Å². The monoisotopic (exact) mass is 327 g/mol. The maximum absolute atomic E-state index is 12.4. The highest BCUT2D eigenvalue weighted by atomic mass is 16.5. The smallest absolute Gasteiger partial charge is 0.258 e. The van der Waals surface area contributed by atoms with E-state index in [1.54, 1.807) is 0 Å². The first-order valence-electron chi connectivity index (χ1n) is 7.89. The van der Waals surface area contributed by atoms with Gasteiger partial charge in [-0.15, -0.1) is 0 Å². The van der Waals surface area contributed by atoms with Gasteiger partial charge in [0.05, 0.1) is 7.11 Å². The molecular weight excluding hydrogens is 306 g/mol. The number of ether oxygens (including phenoxy) is 1. The van der Waals surface area contributed by atoms with E-state index < -0.39 is 0 Å². The van der Waals surface area contributed by atoms with Gasteiger partial charge in [-0.25, -0.2) is 4.98 Å². The molecule has 3 N–H and O–H groups in total. The van der Waals surface area contributed by atoms with Crippen LogP contribution in [0.3, 0.4) is 0 Å². The van der Waals surface area contributed by atoms with Crippen molar-refractivity contribution in [2.24, 2.45) is 0 Å². The number of anilines is 1. The summed E-state index contributed by atoms with van der Waals surface area (Å²) >= 11 is 0. The second kappa shape index (κ2) is 7.27. The van der Waals surface area contributed by atoms with Gasteiger partial charge in [-0.2, -0.15) is 4.98 Å². The van der Waals surface area contributed by atoms with Gasteiger partial charge in [0, 0.05) is 31.9 Å². The number of methoxy groups -OCH3 is 1. The molecule has 0 radical (unpaired) electrons. The van der Waals surface area contributed by atoms with Gasteiger partial charge >= 0.3 is 0 Å². The molecule has 7 nitrogen and oxygen atoms in total. The minimum absolute atomic E-state index is 0.0818. The van der Waals surface area contributed by atoms with Crippen LogP contribution in [0.5, 0.6) is 5.88 Å². The summed E-state index contributed by atoms with van der Waals surface area (Å²) in [6, 6.07) is 10.4. The molecule has 1 saturated heterocycles. The summed E-state index contributed by atoms with van der Waals surface area (Å²) in [5.41, 5.74) is 7.09. The summed E-state index contributed by atoms with van der Waals surface area (Å²) in [5, 5.41) is 3.02. The number of nitrogen functional groups attached to an aromatic ring is 1. The van der Waals surface area contributed by atoms with E-state index in [-0.39, 0.29) is 23.8 Å². The van der Waals surface area contributed by atoms with Gasteiger partial charge < -0.3 is 15.8 Å². The number of rotatable bonds is 5. The highest BCUT2D eigenvalue weighted by molar-refractivity contribution is 5.96. The van der Waals surface area contributed by atoms with Crippen LogP contribution in [0.25, 0.3) is 0 Å². The summed E-state index contributed by atoms with van der Waals surface area (Å²) in [5.74, 6) is 0.0378. The molecule has 1 unspecified atom stereocenters. The molecule has 1 fully saturated rings. The zero-order valence-corrected chi connectivity index (χ0v) is 13.6. The number of benzene rings is 1. The third-order valence-electron chi connectivity index (χ3n) is 4.07. The lowest BCUT2D eigenvalue weighted by Gasteiger charge is -2.17. The van der Waals surface area contributed by atoms with E-state index in [1.807, 2.05) is 18.2 Å². The summed E-state index contributed by atoms with van der Waals surface area (Å²) in [7, 11) is 1.45. The lowest BCUT2D eigenvalue weighted by molar-refractivity contribution is 0.0933. The zero-order valence-electron chi connectivity index (χ0n) is 13.6. The van der Waals surface area contributed by atoms with Crippen LogP contribution in [0.15, 0.2) is 36.5 Å². The first-order chi connectivity index (χ1) is 11.7. The van der Waals surface area contributed by atoms with Crippen LogP contribution in [0.1, 0.15) is 22.3 Å². The first kappa shape index (κ1) is 16.2. The molecule has 0 aliphatic carbocycles. The molecule has 126 valence electrons. The van der Waals surface area contributed by atoms with Gasteiger partial charge in [0.1, 0.15) is 5.56 Å². The van der Waals surface area contributed by atoms with Crippen molar-refractivity contribution in [2.75, 3.05) is 25.9 Å². The van der Waals surface area contributed by atoms with E-state index in [4.69, 9.17) is 10.5 Å². The standard InChI is InChI=1S/C17H21N5O2/c1-24-16-14(9-19-17(18)21-16)15(23)20-13-7-8-22(11-13)10-12-5-3-2-4-6-12/h2-6,9,13H,7-8,10-11H2,1H3,(H,20,23)(H2,18,19,21). The van der Waals surface area contributed by atoms with Crippen LogP contribution in [-0.2, 0) is 6.54 Å². The molecule has 0 spiro atoms. The van der Waals surface area contributed by atoms with Crippen molar-refractivity contribution >= 4 is 11.9 Å². The SMILES string of the molecule is COc1nc(N)ncc1C(=O)NC1CCN(Cc2ccccc2)C1. The zero-order chi connectivity index (χ0) is 16.9. The lowest BCUT2D eigenvalue weighted by Crippen LogP contribution is -2.37. The van der Waals surface area contributed by atoms with Crippen molar-refractivity contribution in [3.8, 4) is 5.88 Å². The maximum Gasteiger partial charge on any atom is 0.258 e. The third kappa shape index (κ3) is 3.80. The molecule has 3 rings (SSSR count). The average molecular weight is 327 g/mol. The minimum Gasteiger partial charge on any atom is -0.480 e. The van der Waals surface area contributed by atoms with E-state index in [0.29, 0.717) is 5.56 Å². The Balaban J connectivity index is 1.58. The van der Waals surface area contributed by atoms with Crippen molar-refractivity contribution in [3.05, 3.63) is 47.7 Å². The molecule has 1 aliphatic heterocycles. The largest absolute Gasteiger partial charge is 0.480 e. The molecule has 1 aliphatic rings. The molecule has 1 aromatic heterocycles. The summed E-state index contributed by atoms with van der Waals surface area (Å²) in [6.45, 7) is 2.66. The van der Waals surface area contributed by atoms with Crippen LogP contribution in [0.4, 0.5) is 5.95 Å². The minimum atomic E-state index is -0.238. The number of carbonyl (C=O) groups is 1. The van der Waals surface area contributed by atoms with Gasteiger partial charge in [0.2, 0.25) is 11.8 Å². The molecule has 24 heavy (non-hydrogen) atoms. The number of nitrogens with one attached hydrogen (secondary N) is 1. The number of aromatic nitrogens is 2. The Kier molecular flexibility index (Phi) is 4.90. The number of nitrogens with zero attached hydrogens (tertiary/aromatic N) is 3. The molecule has 0 saturated carbocycles. The molecule has 1 amide bonds. The summed E-state index contributed by atoms with van der Waals surface area (Å²) in [4.78, 5) is 22.6. The average Bonchev–Trinajstić information content (AvgIpc) is 3.02. The van der Waals surface area contributed by atoms with Gasteiger partial charge in [0.25, 0.3) is 5.91 Å². The summed E-state index contributed by atoms with van der Waals surface area (Å²) < 4.78 is 5.11. The molecule has 7 heteroatoms. The fourth-order valence-electron chi connectivity index (χ4n) is 2.89. The highest BCUT2D eigenvalue weighted by Gasteiger charge is 2.25. The Morgan fingerprint density at radius 3 is 2.96 bits per heavy atom. The second-order valence-corrected chi connectivity index (χ2v) is 5.83. The predicted octanol–water partition coefficient (Wildman–Crippen LogP) is 1.07. The number of likely N-dealkylation sites (tertiary alicyclic amines) is 1. The van der Waals surface area contributed by atoms with Crippen LogP contribution < -0.4 is 15.8 Å². The van der Waals surface area contributed by atoms with Crippen molar-refractivity contribution in [1.82, 2.24) is 20.2 Å². The molecular formula is C17H21N5O2. The number of nitrogens with two attached hydrogens (primary N) is 1. The van der Waals surface area contributed by atoms with Gasteiger partial charge in [0.15, 0.2) is 0 Å². The molecule has 0 bridgehead atoms. The topological polar surface area (TPSA) is 93.4 Å². The third-order valence-corrected chi connectivity index (χ3v) is 4.07. The Hall–Kier alpha value is -2.67. The quantitative estimate of drug-likeness (QED) is 0.853. The fourth-order valence-corrected chi connectivity index (χ4v) is 2.89. The fraction of sp³-hybridized carbons (Fsp3) is 0.353. The number of carbonyl (C=O) groups excluding carboxylic acids is 1. The van der Waals surface area contributed by atoms with E-state index in [2.05, 4.69) is 32.3 Å². The van der Waals surface area contributed by atoms with Crippen molar-refractivity contribution in [2.45, 2.75) is 19.0 Å². The highest BCUT2D eigenvalue weighted by Crippen LogP contribution is 2.17. The Morgan fingerprint density at radius 2 is 2.21 bits per heavy atom. The predicted molar refractivity (Wildman–Crippen MR) is 90.6 cm³/mol. The maximum atomic E-state index is 12.4. The van der Waals surface area contributed by atoms with E-state index in [9.17, 15) is 4.79 Å². The van der Waals surface area contributed by atoms with E-state index in [1.165, 1.54) is 18.9 Å². The molecule has 1 atom stereocenters. The number of hydrogen-bond donors (Lipinski definition) is 2. The van der Waals surface area contributed by atoms with Gasteiger partial charge in [-0.3, -0.25) is 9.69 Å². The van der Waals surface area contributed by atoms with E-state index >= 15 is 0 Å². The van der Waals surface area contributed by atoms with Crippen molar-refractivity contribution < 1.29 is 9.53 Å².